The number of nitrogens with zero attached hydrogens (tertiary/aromatic N) is 1. The molecule has 2 aromatic rings. The van der Waals surface area contributed by atoms with Gasteiger partial charge in [-0.25, -0.2) is 9.69 Å². The molecule has 2 fully saturated rings. The number of hydrogen-bond acceptors (Lipinski definition) is 4. The number of benzene rings is 2. The van der Waals surface area contributed by atoms with Gasteiger partial charge in [0.05, 0.1) is 23.1 Å². The number of fused-ring (bicyclic) bond motifs is 1. The topological polar surface area (TPSA) is 63.7 Å². The molecule has 5 heteroatoms. The van der Waals surface area contributed by atoms with E-state index in [1.54, 1.807) is 48.5 Å². The fourth-order valence-corrected chi connectivity index (χ4v) is 3.86. The average Bonchev–Trinajstić information content (AvgIpc) is 2.94. The average molecular weight is 349 g/mol. The van der Waals surface area contributed by atoms with Crippen LogP contribution >= 0.6 is 0 Å². The molecule has 1 heterocycles. The second-order valence-corrected chi connectivity index (χ2v) is 6.73. The molecule has 0 spiro atoms. The molecule has 1 aliphatic carbocycles. The van der Waals surface area contributed by atoms with E-state index in [1.807, 2.05) is 6.07 Å². The van der Waals surface area contributed by atoms with Crippen molar-refractivity contribution in [2.45, 2.75) is 25.7 Å². The van der Waals surface area contributed by atoms with Crippen molar-refractivity contribution in [2.24, 2.45) is 11.8 Å². The van der Waals surface area contributed by atoms with E-state index in [-0.39, 0.29) is 29.4 Å². The van der Waals surface area contributed by atoms with Gasteiger partial charge in [0.25, 0.3) is 0 Å². The number of anilines is 1. The van der Waals surface area contributed by atoms with Crippen LogP contribution in [0.4, 0.5) is 5.69 Å². The Morgan fingerprint density at radius 2 is 1.42 bits per heavy atom. The van der Waals surface area contributed by atoms with Gasteiger partial charge in [0.1, 0.15) is 0 Å². The minimum absolute atomic E-state index is 0.178. The fourth-order valence-electron chi connectivity index (χ4n) is 3.86. The number of hydrogen-bond donors (Lipinski definition) is 0. The Hall–Kier alpha value is -2.95. The van der Waals surface area contributed by atoms with Gasteiger partial charge >= 0.3 is 5.97 Å². The van der Waals surface area contributed by atoms with Gasteiger partial charge in [-0.2, -0.15) is 0 Å². The smallest absolute Gasteiger partial charge is 0.343 e. The van der Waals surface area contributed by atoms with Crippen LogP contribution in [0, 0.1) is 11.8 Å². The summed E-state index contributed by atoms with van der Waals surface area (Å²) in [4.78, 5) is 39.2. The highest BCUT2D eigenvalue weighted by atomic mass is 16.5. The van der Waals surface area contributed by atoms with Crippen molar-refractivity contribution in [3.05, 3.63) is 60.2 Å². The number of carbonyl (C=O) groups excluding carboxylic acids is 3. The molecule has 0 aromatic heterocycles. The molecule has 2 aromatic carbocycles. The van der Waals surface area contributed by atoms with Gasteiger partial charge in [0.2, 0.25) is 11.8 Å². The summed E-state index contributed by atoms with van der Waals surface area (Å²) >= 11 is 0. The molecule has 1 aliphatic heterocycles. The van der Waals surface area contributed by atoms with Crippen LogP contribution in [-0.4, -0.2) is 17.8 Å². The van der Waals surface area contributed by atoms with Gasteiger partial charge in [-0.3, -0.25) is 9.59 Å². The Kier molecular flexibility index (Phi) is 4.29. The Morgan fingerprint density at radius 1 is 0.846 bits per heavy atom. The highest BCUT2D eigenvalue weighted by molar-refractivity contribution is 6.22. The summed E-state index contributed by atoms with van der Waals surface area (Å²) in [7, 11) is 0. The predicted molar refractivity (Wildman–Crippen MR) is 95.8 cm³/mol. The van der Waals surface area contributed by atoms with E-state index >= 15 is 0 Å². The largest absolute Gasteiger partial charge is 0.421 e. The zero-order valence-electron chi connectivity index (χ0n) is 14.3. The molecule has 2 atom stereocenters. The number of esters is 1. The van der Waals surface area contributed by atoms with Crippen LogP contribution < -0.4 is 9.64 Å². The normalized spacial score (nSPS) is 22.2. The van der Waals surface area contributed by atoms with Crippen molar-refractivity contribution in [3.63, 3.8) is 0 Å². The summed E-state index contributed by atoms with van der Waals surface area (Å²) in [6.07, 6.45) is 3.44. The number of para-hydroxylation sites is 2. The van der Waals surface area contributed by atoms with Crippen molar-refractivity contribution in [1.82, 2.24) is 0 Å². The number of ether oxygens (including phenoxy) is 1. The van der Waals surface area contributed by atoms with Gasteiger partial charge in [-0.15, -0.1) is 0 Å². The first-order valence-corrected chi connectivity index (χ1v) is 8.91. The predicted octanol–water partition coefficient (Wildman–Crippen LogP) is 3.59. The summed E-state index contributed by atoms with van der Waals surface area (Å²) in [5.41, 5.74) is 0.760. The molecule has 4 rings (SSSR count). The third-order valence-electron chi connectivity index (χ3n) is 5.16. The summed E-state index contributed by atoms with van der Waals surface area (Å²) < 4.78 is 5.51. The second kappa shape index (κ2) is 6.75. The van der Waals surface area contributed by atoms with Gasteiger partial charge < -0.3 is 4.74 Å². The van der Waals surface area contributed by atoms with Crippen molar-refractivity contribution in [3.8, 4) is 5.75 Å². The maximum absolute atomic E-state index is 12.8. The van der Waals surface area contributed by atoms with E-state index in [1.165, 1.54) is 4.90 Å². The molecule has 2 amide bonds. The molecule has 1 saturated carbocycles. The van der Waals surface area contributed by atoms with Gasteiger partial charge in [0.15, 0.2) is 5.75 Å². The lowest BCUT2D eigenvalue weighted by molar-refractivity contribution is -0.122. The number of rotatable bonds is 3. The van der Waals surface area contributed by atoms with Crippen LogP contribution in [0.5, 0.6) is 5.75 Å². The molecule has 0 bridgehead atoms. The highest BCUT2D eigenvalue weighted by Crippen LogP contribution is 2.42. The summed E-state index contributed by atoms with van der Waals surface area (Å²) in [5, 5.41) is 0. The number of carbonyl (C=O) groups is 3. The number of imide groups is 1. The first-order valence-electron chi connectivity index (χ1n) is 8.91. The maximum atomic E-state index is 12.8. The third-order valence-corrected chi connectivity index (χ3v) is 5.16. The lowest BCUT2D eigenvalue weighted by Crippen LogP contribution is -2.31. The van der Waals surface area contributed by atoms with Gasteiger partial charge in [-0.1, -0.05) is 43.2 Å². The van der Waals surface area contributed by atoms with E-state index < -0.39 is 5.97 Å². The van der Waals surface area contributed by atoms with Crippen LogP contribution in [0.15, 0.2) is 54.6 Å². The van der Waals surface area contributed by atoms with Crippen LogP contribution in [0.25, 0.3) is 0 Å². The van der Waals surface area contributed by atoms with E-state index in [4.69, 9.17) is 4.74 Å². The molecule has 26 heavy (non-hydrogen) atoms. The monoisotopic (exact) mass is 349 g/mol. The molecular formula is C21H19NO4. The zero-order valence-corrected chi connectivity index (χ0v) is 14.3. The van der Waals surface area contributed by atoms with Gasteiger partial charge in [-0.05, 0) is 37.1 Å². The maximum Gasteiger partial charge on any atom is 0.343 e. The lowest BCUT2D eigenvalue weighted by Gasteiger charge is -2.19. The molecular weight excluding hydrogens is 330 g/mol. The highest BCUT2D eigenvalue weighted by Gasteiger charge is 2.49. The van der Waals surface area contributed by atoms with Crippen LogP contribution in [0.2, 0.25) is 0 Å². The first-order chi connectivity index (χ1) is 12.7. The van der Waals surface area contributed by atoms with E-state index in [2.05, 4.69) is 0 Å². The summed E-state index contributed by atoms with van der Waals surface area (Å²) in [5.74, 6) is -1.13. The molecule has 2 aliphatic rings. The van der Waals surface area contributed by atoms with E-state index in [9.17, 15) is 14.4 Å². The number of amides is 2. The first kappa shape index (κ1) is 16.5. The minimum atomic E-state index is -0.519. The van der Waals surface area contributed by atoms with Gasteiger partial charge in [0, 0.05) is 0 Å². The Balaban J connectivity index is 1.65. The Labute approximate surface area is 151 Å². The summed E-state index contributed by atoms with van der Waals surface area (Å²) in [6, 6.07) is 15.3. The Morgan fingerprint density at radius 3 is 2.08 bits per heavy atom. The van der Waals surface area contributed by atoms with Crippen molar-refractivity contribution >= 4 is 23.5 Å². The molecule has 0 radical (unpaired) electrons. The standard InChI is InChI=1S/C21H19NO4/c23-19-15-10-4-5-11-16(15)20(24)22(19)17-12-6-7-13-18(17)26-21(25)14-8-2-1-3-9-14/h1-3,6-9,12-13,15-16H,4-5,10-11H2/t15-,16-/m1/s1. The quantitative estimate of drug-likeness (QED) is 0.483. The SMILES string of the molecule is O=C(Oc1ccccc1N1C(=O)[C@@H]2CCCC[C@H]2C1=O)c1ccccc1. The van der Waals surface area contributed by atoms with Crippen molar-refractivity contribution in [2.75, 3.05) is 4.90 Å². The van der Waals surface area contributed by atoms with Crippen molar-refractivity contribution in [1.29, 1.82) is 0 Å². The van der Waals surface area contributed by atoms with E-state index in [0.717, 1.165) is 25.7 Å². The molecule has 5 nitrogen and oxygen atoms in total. The fraction of sp³-hybridized carbons (Fsp3) is 0.286. The lowest BCUT2D eigenvalue weighted by atomic mass is 9.81. The zero-order chi connectivity index (χ0) is 18.1. The summed E-state index contributed by atoms with van der Waals surface area (Å²) in [6.45, 7) is 0. The molecule has 1 saturated heterocycles. The van der Waals surface area contributed by atoms with E-state index in [0.29, 0.717) is 11.3 Å². The third kappa shape index (κ3) is 2.79. The molecule has 132 valence electrons. The van der Waals surface area contributed by atoms with Crippen LogP contribution in [0.3, 0.4) is 0 Å². The molecule has 0 N–H and O–H groups in total. The minimum Gasteiger partial charge on any atom is -0.421 e. The second-order valence-electron chi connectivity index (χ2n) is 6.73. The van der Waals surface area contributed by atoms with Crippen LogP contribution in [0.1, 0.15) is 36.0 Å². The van der Waals surface area contributed by atoms with Crippen LogP contribution in [-0.2, 0) is 9.59 Å². The Bertz CT molecular complexity index is 837. The van der Waals surface area contributed by atoms with Crippen molar-refractivity contribution < 1.29 is 19.1 Å². The molecule has 0 unspecified atom stereocenters.